The lowest BCUT2D eigenvalue weighted by Gasteiger charge is -2.08. The molecule has 0 aliphatic rings. The first-order chi connectivity index (χ1) is 8.16. The van der Waals surface area contributed by atoms with Crippen LogP contribution in [0, 0.1) is 3.57 Å². The van der Waals surface area contributed by atoms with Crippen molar-refractivity contribution in [3.8, 4) is 5.75 Å². The van der Waals surface area contributed by atoms with Gasteiger partial charge in [0.15, 0.2) is 0 Å². The summed E-state index contributed by atoms with van der Waals surface area (Å²) in [5.74, 6) is 0.833. The van der Waals surface area contributed by atoms with Crippen LogP contribution in [-0.4, -0.2) is 4.98 Å². The number of hydrogen-bond acceptors (Lipinski definition) is 2. The number of aromatic nitrogens is 1. The van der Waals surface area contributed by atoms with Gasteiger partial charge in [0.2, 0.25) is 0 Å². The third-order valence-electron chi connectivity index (χ3n) is 2.11. The van der Waals surface area contributed by atoms with Crippen molar-refractivity contribution in [2.75, 3.05) is 0 Å². The summed E-state index contributed by atoms with van der Waals surface area (Å²) < 4.78 is 6.73. The van der Waals surface area contributed by atoms with Gasteiger partial charge < -0.3 is 4.74 Å². The lowest BCUT2D eigenvalue weighted by Crippen LogP contribution is -1.98. The van der Waals surface area contributed by atoms with Gasteiger partial charge in [-0.1, -0.05) is 35.3 Å². The van der Waals surface area contributed by atoms with Gasteiger partial charge in [0.1, 0.15) is 22.7 Å². The van der Waals surface area contributed by atoms with E-state index in [-0.39, 0.29) is 0 Å². The quantitative estimate of drug-likeness (QED) is 0.575. The van der Waals surface area contributed by atoms with Crippen molar-refractivity contribution in [2.45, 2.75) is 6.61 Å². The van der Waals surface area contributed by atoms with Crippen molar-refractivity contribution >= 4 is 45.8 Å². The van der Waals surface area contributed by atoms with Crippen molar-refractivity contribution in [2.24, 2.45) is 0 Å². The first-order valence-corrected chi connectivity index (χ1v) is 6.68. The van der Waals surface area contributed by atoms with Crippen LogP contribution in [0.15, 0.2) is 36.4 Å². The number of benzene rings is 1. The van der Waals surface area contributed by atoms with E-state index in [9.17, 15) is 0 Å². The molecule has 2 rings (SSSR count). The van der Waals surface area contributed by atoms with Crippen molar-refractivity contribution in [1.82, 2.24) is 4.98 Å². The minimum absolute atomic E-state index is 0.378. The van der Waals surface area contributed by atoms with Crippen LogP contribution < -0.4 is 4.74 Å². The molecular weight excluding hydrogens is 372 g/mol. The maximum absolute atomic E-state index is 5.96. The second kappa shape index (κ2) is 5.89. The number of para-hydroxylation sites is 1. The van der Waals surface area contributed by atoms with E-state index in [1.165, 1.54) is 0 Å². The molecule has 1 aromatic carbocycles. The van der Waals surface area contributed by atoms with Crippen molar-refractivity contribution in [3.05, 3.63) is 55.8 Å². The topological polar surface area (TPSA) is 22.1 Å². The first kappa shape index (κ1) is 12.9. The Morgan fingerprint density at radius 1 is 1.12 bits per heavy atom. The summed E-state index contributed by atoms with van der Waals surface area (Å²) in [7, 11) is 0. The zero-order chi connectivity index (χ0) is 12.3. The van der Waals surface area contributed by atoms with Crippen molar-refractivity contribution in [1.29, 1.82) is 0 Å². The molecule has 0 saturated heterocycles. The third kappa shape index (κ3) is 3.47. The van der Waals surface area contributed by atoms with Crippen LogP contribution in [-0.2, 0) is 6.61 Å². The Morgan fingerprint density at radius 2 is 1.88 bits per heavy atom. The van der Waals surface area contributed by atoms with E-state index < -0.39 is 0 Å². The molecule has 0 saturated carbocycles. The van der Waals surface area contributed by atoms with Crippen molar-refractivity contribution < 1.29 is 4.74 Å². The monoisotopic (exact) mass is 379 g/mol. The van der Waals surface area contributed by atoms with Gasteiger partial charge >= 0.3 is 0 Å². The largest absolute Gasteiger partial charge is 0.488 e. The summed E-state index contributed by atoms with van der Waals surface area (Å²) in [5, 5.41) is 0.761. The van der Waals surface area contributed by atoms with Crippen LogP contribution in [0.4, 0.5) is 0 Å². The molecule has 0 unspecified atom stereocenters. The number of pyridine rings is 1. The van der Waals surface area contributed by atoms with Crippen molar-refractivity contribution in [3.63, 3.8) is 0 Å². The van der Waals surface area contributed by atoms with E-state index in [0.29, 0.717) is 16.9 Å². The Labute approximate surface area is 123 Å². The average molecular weight is 380 g/mol. The van der Waals surface area contributed by atoms with E-state index in [0.717, 1.165) is 14.9 Å². The third-order valence-corrected chi connectivity index (χ3v) is 3.54. The molecule has 0 aliphatic heterocycles. The molecule has 0 aliphatic carbocycles. The first-order valence-electron chi connectivity index (χ1n) is 4.85. The van der Waals surface area contributed by atoms with E-state index in [1.54, 1.807) is 6.07 Å². The molecule has 5 heteroatoms. The maximum Gasteiger partial charge on any atom is 0.137 e. The Hall–Kier alpha value is -0.520. The highest BCUT2D eigenvalue weighted by molar-refractivity contribution is 14.1. The smallest absolute Gasteiger partial charge is 0.137 e. The summed E-state index contributed by atoms with van der Waals surface area (Å²) >= 11 is 13.9. The molecule has 1 heterocycles. The van der Waals surface area contributed by atoms with Gasteiger partial charge in [-0.15, -0.1) is 0 Å². The molecule has 0 fully saturated rings. The Kier molecular flexibility index (Phi) is 4.48. The molecule has 0 N–H and O–H groups in total. The molecule has 1 aromatic heterocycles. The number of ether oxygens (including phenoxy) is 1. The highest BCUT2D eigenvalue weighted by Gasteiger charge is 2.05. The molecule has 0 spiro atoms. The Morgan fingerprint density at radius 3 is 2.59 bits per heavy atom. The number of nitrogens with zero attached hydrogens (tertiary/aromatic N) is 1. The molecular formula is C12H8Cl2INO. The fourth-order valence-corrected chi connectivity index (χ4v) is 2.21. The van der Waals surface area contributed by atoms with Gasteiger partial charge in [-0.3, -0.25) is 0 Å². The summed E-state index contributed by atoms with van der Waals surface area (Å²) in [6.45, 7) is 0.378. The number of halogens is 3. The second-order valence-corrected chi connectivity index (χ2v) is 5.21. The highest BCUT2D eigenvalue weighted by Crippen LogP contribution is 2.23. The fourth-order valence-electron chi connectivity index (χ4n) is 1.27. The summed E-state index contributed by atoms with van der Waals surface area (Å²) in [4.78, 5) is 3.96. The van der Waals surface area contributed by atoms with E-state index >= 15 is 0 Å². The predicted octanol–water partition coefficient (Wildman–Crippen LogP) is 4.57. The molecule has 2 aromatic rings. The molecule has 0 amide bonds. The molecule has 0 bridgehead atoms. The molecule has 2 nitrogen and oxygen atoms in total. The summed E-state index contributed by atoms with van der Waals surface area (Å²) in [6.07, 6.45) is 0. The van der Waals surface area contributed by atoms with Gasteiger partial charge in [-0.2, -0.15) is 0 Å². The van der Waals surface area contributed by atoms with Crippen LogP contribution in [0.3, 0.4) is 0 Å². The standard InChI is InChI=1S/C12H8Cl2INO/c13-11-6-5-8(12(14)16-11)7-17-10-4-2-1-3-9(10)15/h1-6H,7H2. The zero-order valence-corrected chi connectivity index (χ0v) is 12.3. The van der Waals surface area contributed by atoms with Crippen LogP contribution in [0.2, 0.25) is 10.3 Å². The second-order valence-electron chi connectivity index (χ2n) is 3.30. The van der Waals surface area contributed by atoms with E-state index in [2.05, 4.69) is 27.6 Å². The summed E-state index contributed by atoms with van der Waals surface area (Å²) in [6, 6.07) is 11.3. The SMILES string of the molecule is Clc1ccc(COc2ccccc2I)c(Cl)n1. The average Bonchev–Trinajstić information content (AvgIpc) is 2.30. The lowest BCUT2D eigenvalue weighted by molar-refractivity contribution is 0.303. The van der Waals surface area contributed by atoms with Gasteiger partial charge in [-0.25, -0.2) is 4.98 Å². The maximum atomic E-state index is 5.96. The molecule has 17 heavy (non-hydrogen) atoms. The number of rotatable bonds is 3. The fraction of sp³-hybridized carbons (Fsp3) is 0.0833. The molecule has 0 radical (unpaired) electrons. The Balaban J connectivity index is 2.10. The summed E-state index contributed by atoms with van der Waals surface area (Å²) in [5.41, 5.74) is 0.815. The molecule has 0 atom stereocenters. The van der Waals surface area contributed by atoms with Gasteiger partial charge in [0.05, 0.1) is 3.57 Å². The van der Waals surface area contributed by atoms with Gasteiger partial charge in [0, 0.05) is 5.56 Å². The van der Waals surface area contributed by atoms with E-state index in [1.807, 2.05) is 30.3 Å². The van der Waals surface area contributed by atoms with Gasteiger partial charge in [-0.05, 0) is 46.9 Å². The Bertz CT molecular complexity index is 534. The minimum atomic E-state index is 0.378. The lowest BCUT2D eigenvalue weighted by atomic mass is 10.3. The molecule has 88 valence electrons. The van der Waals surface area contributed by atoms with Gasteiger partial charge in [0.25, 0.3) is 0 Å². The number of hydrogen-bond donors (Lipinski definition) is 0. The highest BCUT2D eigenvalue weighted by atomic mass is 127. The van der Waals surface area contributed by atoms with Crippen LogP contribution in [0.25, 0.3) is 0 Å². The zero-order valence-electron chi connectivity index (χ0n) is 8.66. The van der Waals surface area contributed by atoms with Crippen LogP contribution in [0.1, 0.15) is 5.56 Å². The van der Waals surface area contributed by atoms with Crippen LogP contribution in [0.5, 0.6) is 5.75 Å². The minimum Gasteiger partial charge on any atom is -0.488 e. The normalized spacial score (nSPS) is 10.3. The predicted molar refractivity (Wildman–Crippen MR) is 77.7 cm³/mol. The van der Waals surface area contributed by atoms with Crippen LogP contribution >= 0.6 is 45.8 Å². The van der Waals surface area contributed by atoms with E-state index in [4.69, 9.17) is 27.9 Å².